The summed E-state index contributed by atoms with van der Waals surface area (Å²) in [5.74, 6) is 0.912. The number of amides is 1. The molecule has 0 spiro atoms. The fourth-order valence-electron chi connectivity index (χ4n) is 1.91. The Labute approximate surface area is 102 Å². The first-order chi connectivity index (χ1) is 8.29. The van der Waals surface area contributed by atoms with Crippen molar-refractivity contribution in [2.45, 2.75) is 38.8 Å². The van der Waals surface area contributed by atoms with Gasteiger partial charge in [0.1, 0.15) is 0 Å². The van der Waals surface area contributed by atoms with Gasteiger partial charge in [0.05, 0.1) is 6.61 Å². The van der Waals surface area contributed by atoms with Gasteiger partial charge in [-0.25, -0.2) is 0 Å². The number of hydrogen-bond donors (Lipinski definition) is 2. The highest BCUT2D eigenvalue weighted by Gasteiger charge is 2.21. The van der Waals surface area contributed by atoms with Crippen molar-refractivity contribution in [2.24, 2.45) is 5.92 Å². The van der Waals surface area contributed by atoms with Gasteiger partial charge in [-0.05, 0) is 23.5 Å². The lowest BCUT2D eigenvalue weighted by Crippen LogP contribution is -2.23. The predicted molar refractivity (Wildman–Crippen MR) is 66.2 cm³/mol. The first kappa shape index (κ1) is 12.1. The minimum Gasteiger partial charge on any atom is -0.392 e. The van der Waals surface area contributed by atoms with Gasteiger partial charge in [0, 0.05) is 13.0 Å². The molecule has 0 unspecified atom stereocenters. The lowest BCUT2D eigenvalue weighted by Gasteiger charge is -2.08. The Morgan fingerprint density at radius 1 is 1.29 bits per heavy atom. The van der Waals surface area contributed by atoms with E-state index in [-0.39, 0.29) is 12.5 Å². The molecular formula is C14H19NO2. The van der Waals surface area contributed by atoms with Gasteiger partial charge in [-0.15, -0.1) is 0 Å². The molecule has 1 fully saturated rings. The topological polar surface area (TPSA) is 49.3 Å². The average Bonchev–Trinajstić information content (AvgIpc) is 3.18. The first-order valence-corrected chi connectivity index (χ1v) is 6.24. The van der Waals surface area contributed by atoms with Crippen LogP contribution in [0.4, 0.5) is 0 Å². The maximum absolute atomic E-state index is 11.6. The second-order valence-corrected chi connectivity index (χ2v) is 4.69. The predicted octanol–water partition coefficient (Wildman–Crippen LogP) is 1.99. The summed E-state index contributed by atoms with van der Waals surface area (Å²) in [6.07, 6.45) is 4.24. The number of hydrogen-bond acceptors (Lipinski definition) is 2. The average molecular weight is 233 g/mol. The summed E-state index contributed by atoms with van der Waals surface area (Å²) >= 11 is 0. The zero-order valence-electron chi connectivity index (χ0n) is 9.98. The Morgan fingerprint density at radius 3 is 2.65 bits per heavy atom. The van der Waals surface area contributed by atoms with E-state index in [0.29, 0.717) is 13.0 Å². The molecule has 17 heavy (non-hydrogen) atoms. The maximum atomic E-state index is 11.6. The summed E-state index contributed by atoms with van der Waals surface area (Å²) in [4.78, 5) is 11.6. The van der Waals surface area contributed by atoms with Crippen LogP contribution in [0.25, 0.3) is 0 Å². The van der Waals surface area contributed by atoms with E-state index in [2.05, 4.69) is 5.32 Å². The number of benzene rings is 1. The van der Waals surface area contributed by atoms with E-state index in [0.717, 1.165) is 23.5 Å². The monoisotopic (exact) mass is 233 g/mol. The van der Waals surface area contributed by atoms with E-state index in [9.17, 15) is 4.79 Å². The highest BCUT2D eigenvalue weighted by molar-refractivity contribution is 5.75. The van der Waals surface area contributed by atoms with E-state index < -0.39 is 0 Å². The van der Waals surface area contributed by atoms with Gasteiger partial charge in [0.25, 0.3) is 0 Å². The van der Waals surface area contributed by atoms with E-state index in [4.69, 9.17) is 5.11 Å². The van der Waals surface area contributed by atoms with Crippen molar-refractivity contribution in [1.29, 1.82) is 0 Å². The first-order valence-electron chi connectivity index (χ1n) is 6.24. The molecule has 92 valence electrons. The fourth-order valence-corrected chi connectivity index (χ4v) is 1.91. The fraction of sp³-hybridized carbons (Fsp3) is 0.500. The molecule has 3 nitrogen and oxygen atoms in total. The van der Waals surface area contributed by atoms with Crippen LogP contribution >= 0.6 is 0 Å². The van der Waals surface area contributed by atoms with Gasteiger partial charge in [-0.3, -0.25) is 4.79 Å². The maximum Gasteiger partial charge on any atom is 0.220 e. The molecule has 0 aromatic heterocycles. The third kappa shape index (κ3) is 3.86. The Bertz CT molecular complexity index is 386. The highest BCUT2D eigenvalue weighted by atomic mass is 16.3. The van der Waals surface area contributed by atoms with Crippen molar-refractivity contribution < 1.29 is 9.90 Å². The van der Waals surface area contributed by atoms with Gasteiger partial charge in [-0.2, -0.15) is 0 Å². The molecule has 0 aliphatic heterocycles. The number of carbonyl (C=O) groups excluding carboxylic acids is 1. The molecule has 0 radical (unpaired) electrons. The normalized spacial score (nSPS) is 14.6. The van der Waals surface area contributed by atoms with Crippen LogP contribution in [-0.4, -0.2) is 11.0 Å². The Balaban J connectivity index is 1.77. The van der Waals surface area contributed by atoms with Crippen molar-refractivity contribution in [1.82, 2.24) is 5.32 Å². The van der Waals surface area contributed by atoms with Crippen LogP contribution in [0.5, 0.6) is 0 Å². The van der Waals surface area contributed by atoms with Gasteiger partial charge in [0.15, 0.2) is 0 Å². The van der Waals surface area contributed by atoms with Gasteiger partial charge >= 0.3 is 0 Å². The molecule has 0 saturated heterocycles. The van der Waals surface area contributed by atoms with Crippen molar-refractivity contribution in [3.05, 3.63) is 35.4 Å². The van der Waals surface area contributed by atoms with Gasteiger partial charge in [-0.1, -0.05) is 37.1 Å². The van der Waals surface area contributed by atoms with Crippen LogP contribution in [0, 0.1) is 5.92 Å². The molecule has 1 aliphatic rings. The minimum absolute atomic E-state index is 0.0219. The lowest BCUT2D eigenvalue weighted by molar-refractivity contribution is -0.121. The summed E-state index contributed by atoms with van der Waals surface area (Å²) in [6, 6.07) is 7.63. The SMILES string of the molecule is O=C(CCC1CC1)NCc1ccccc1CO. The van der Waals surface area contributed by atoms with E-state index >= 15 is 0 Å². The number of aliphatic hydroxyl groups is 1. The Kier molecular flexibility index (Phi) is 4.15. The molecule has 1 aromatic carbocycles. The zero-order chi connectivity index (χ0) is 12.1. The van der Waals surface area contributed by atoms with E-state index in [1.807, 2.05) is 24.3 Å². The largest absolute Gasteiger partial charge is 0.392 e. The number of nitrogens with one attached hydrogen (secondary N) is 1. The van der Waals surface area contributed by atoms with Gasteiger partial charge in [0.2, 0.25) is 5.91 Å². The Hall–Kier alpha value is -1.35. The molecule has 2 N–H and O–H groups in total. The summed E-state index contributed by atoms with van der Waals surface area (Å²) in [5.41, 5.74) is 1.88. The third-order valence-corrected chi connectivity index (χ3v) is 3.24. The van der Waals surface area contributed by atoms with Crippen LogP contribution in [0.2, 0.25) is 0 Å². The summed E-state index contributed by atoms with van der Waals surface area (Å²) in [7, 11) is 0. The van der Waals surface area contributed by atoms with Crippen LogP contribution in [0.1, 0.15) is 36.8 Å². The number of aliphatic hydroxyl groups excluding tert-OH is 1. The lowest BCUT2D eigenvalue weighted by atomic mass is 10.1. The second kappa shape index (κ2) is 5.82. The molecule has 1 amide bonds. The summed E-state index contributed by atoms with van der Waals surface area (Å²) in [6.45, 7) is 0.536. The molecular weight excluding hydrogens is 214 g/mol. The highest BCUT2D eigenvalue weighted by Crippen LogP contribution is 2.33. The zero-order valence-corrected chi connectivity index (χ0v) is 9.98. The number of carbonyl (C=O) groups is 1. The van der Waals surface area contributed by atoms with E-state index in [1.165, 1.54) is 12.8 Å². The van der Waals surface area contributed by atoms with Crippen molar-refractivity contribution in [3.63, 3.8) is 0 Å². The van der Waals surface area contributed by atoms with Crippen molar-refractivity contribution in [2.75, 3.05) is 0 Å². The summed E-state index contributed by atoms with van der Waals surface area (Å²) in [5, 5.41) is 12.1. The summed E-state index contributed by atoms with van der Waals surface area (Å²) < 4.78 is 0. The van der Waals surface area contributed by atoms with Gasteiger partial charge < -0.3 is 10.4 Å². The molecule has 0 bridgehead atoms. The third-order valence-electron chi connectivity index (χ3n) is 3.24. The van der Waals surface area contributed by atoms with Crippen molar-refractivity contribution in [3.8, 4) is 0 Å². The molecule has 1 aromatic rings. The van der Waals surface area contributed by atoms with Crippen LogP contribution in [-0.2, 0) is 17.9 Å². The molecule has 0 atom stereocenters. The standard InChI is InChI=1S/C14H19NO2/c16-10-13-4-2-1-3-12(13)9-15-14(17)8-7-11-5-6-11/h1-4,11,16H,5-10H2,(H,15,17). The van der Waals surface area contributed by atoms with Crippen LogP contribution in [0.3, 0.4) is 0 Å². The molecule has 1 saturated carbocycles. The van der Waals surface area contributed by atoms with Crippen LogP contribution in [0.15, 0.2) is 24.3 Å². The molecule has 2 rings (SSSR count). The van der Waals surface area contributed by atoms with Crippen LogP contribution < -0.4 is 5.32 Å². The smallest absolute Gasteiger partial charge is 0.220 e. The Morgan fingerprint density at radius 2 is 2.00 bits per heavy atom. The quantitative estimate of drug-likeness (QED) is 0.789. The minimum atomic E-state index is 0.0219. The second-order valence-electron chi connectivity index (χ2n) is 4.69. The number of rotatable bonds is 6. The molecule has 0 heterocycles. The van der Waals surface area contributed by atoms with Crippen molar-refractivity contribution >= 4 is 5.91 Å². The van der Waals surface area contributed by atoms with E-state index in [1.54, 1.807) is 0 Å². The molecule has 1 aliphatic carbocycles. The molecule has 3 heteroatoms.